The minimum Gasteiger partial charge on any atom is -0.457 e. The van der Waals surface area contributed by atoms with Crippen LogP contribution in [0.5, 0.6) is 11.5 Å². The Hall–Kier alpha value is -1.49. The zero-order valence-corrected chi connectivity index (χ0v) is 10.6. The molecule has 0 bridgehead atoms. The first-order valence-corrected chi connectivity index (χ1v) is 5.84. The Bertz CT molecular complexity index is 540. The molecule has 2 aromatic rings. The summed E-state index contributed by atoms with van der Waals surface area (Å²) in [4.78, 5) is 0. The number of aryl methyl sites for hydroxylation is 1. The van der Waals surface area contributed by atoms with Gasteiger partial charge in [0, 0.05) is 5.02 Å². The van der Waals surface area contributed by atoms with Gasteiger partial charge in [-0.25, -0.2) is 0 Å². The number of ether oxygens (including phenoxy) is 1. The molecule has 0 aliphatic carbocycles. The summed E-state index contributed by atoms with van der Waals surface area (Å²) in [6.45, 7) is 1.92. The molecule has 0 atom stereocenters. The molecule has 0 spiro atoms. The van der Waals surface area contributed by atoms with Gasteiger partial charge in [-0.1, -0.05) is 29.8 Å². The van der Waals surface area contributed by atoms with Crippen LogP contribution in [0, 0.1) is 6.92 Å². The van der Waals surface area contributed by atoms with E-state index in [9.17, 15) is 0 Å². The summed E-state index contributed by atoms with van der Waals surface area (Å²) in [5.41, 5.74) is 1.41. The van der Waals surface area contributed by atoms with Crippen molar-refractivity contribution in [2.45, 2.75) is 6.92 Å². The Morgan fingerprint density at radius 3 is 2.17 bits per heavy atom. The lowest BCUT2D eigenvalue weighted by atomic mass is 9.80. The highest BCUT2D eigenvalue weighted by Gasteiger charge is 2.10. The van der Waals surface area contributed by atoms with Gasteiger partial charge < -0.3 is 14.8 Å². The second-order valence-corrected chi connectivity index (χ2v) is 4.36. The molecular weight excluding hydrogens is 250 g/mol. The third-order valence-electron chi connectivity index (χ3n) is 2.56. The average molecular weight is 263 g/mol. The molecule has 0 aliphatic heterocycles. The standard InChI is InChI=1S/C13H12BClO3/c1-9-2-5-12(8-13(9)15)18-11-6-3-10(4-7-11)14(16)17/h2-8,16-17H,1H3. The van der Waals surface area contributed by atoms with Crippen LogP contribution in [-0.4, -0.2) is 17.2 Å². The fourth-order valence-corrected chi connectivity index (χ4v) is 1.65. The largest absolute Gasteiger partial charge is 0.488 e. The monoisotopic (exact) mass is 262 g/mol. The lowest BCUT2D eigenvalue weighted by Gasteiger charge is -2.08. The van der Waals surface area contributed by atoms with Crippen LogP contribution in [0.2, 0.25) is 5.02 Å². The molecule has 2 aromatic carbocycles. The van der Waals surface area contributed by atoms with E-state index in [2.05, 4.69) is 0 Å². The van der Waals surface area contributed by atoms with Crippen LogP contribution in [-0.2, 0) is 0 Å². The molecule has 0 aromatic heterocycles. The molecular formula is C13H12BClO3. The van der Waals surface area contributed by atoms with Crippen LogP contribution in [0.4, 0.5) is 0 Å². The normalized spacial score (nSPS) is 10.2. The molecule has 18 heavy (non-hydrogen) atoms. The van der Waals surface area contributed by atoms with Crippen LogP contribution < -0.4 is 10.2 Å². The van der Waals surface area contributed by atoms with Crippen LogP contribution in [0.1, 0.15) is 5.56 Å². The Morgan fingerprint density at radius 2 is 1.61 bits per heavy atom. The summed E-state index contributed by atoms with van der Waals surface area (Å²) in [5, 5.41) is 18.6. The fourth-order valence-electron chi connectivity index (χ4n) is 1.48. The molecule has 92 valence electrons. The first kappa shape index (κ1) is 13.0. The zero-order valence-electron chi connectivity index (χ0n) is 9.80. The molecule has 5 heteroatoms. The molecule has 0 saturated heterocycles. The summed E-state index contributed by atoms with van der Waals surface area (Å²) in [7, 11) is -1.46. The molecule has 0 heterocycles. The van der Waals surface area contributed by atoms with E-state index in [0.29, 0.717) is 22.0 Å². The van der Waals surface area contributed by atoms with Gasteiger partial charge in [0.1, 0.15) is 11.5 Å². The second-order valence-electron chi connectivity index (χ2n) is 3.96. The highest BCUT2D eigenvalue weighted by Crippen LogP contribution is 2.25. The number of rotatable bonds is 3. The van der Waals surface area contributed by atoms with E-state index in [1.165, 1.54) is 0 Å². The van der Waals surface area contributed by atoms with Crippen molar-refractivity contribution in [3.8, 4) is 11.5 Å². The highest BCUT2D eigenvalue weighted by atomic mass is 35.5. The van der Waals surface area contributed by atoms with Gasteiger partial charge in [-0.15, -0.1) is 0 Å². The average Bonchev–Trinajstić information content (AvgIpc) is 2.34. The predicted molar refractivity (Wildman–Crippen MR) is 72.5 cm³/mol. The van der Waals surface area contributed by atoms with Crippen LogP contribution in [0.3, 0.4) is 0 Å². The van der Waals surface area contributed by atoms with Crippen molar-refractivity contribution in [3.63, 3.8) is 0 Å². The molecule has 0 saturated carbocycles. The quantitative estimate of drug-likeness (QED) is 0.833. The number of halogens is 1. The Labute approximate surface area is 111 Å². The second kappa shape index (κ2) is 5.44. The summed E-state index contributed by atoms with van der Waals surface area (Å²) in [5.74, 6) is 1.25. The minimum absolute atomic E-state index is 0.421. The lowest BCUT2D eigenvalue weighted by Crippen LogP contribution is -2.29. The number of benzene rings is 2. The van der Waals surface area contributed by atoms with Gasteiger partial charge in [-0.05, 0) is 42.2 Å². The molecule has 0 unspecified atom stereocenters. The van der Waals surface area contributed by atoms with Gasteiger partial charge in [-0.2, -0.15) is 0 Å². The molecule has 3 nitrogen and oxygen atoms in total. The van der Waals surface area contributed by atoms with Gasteiger partial charge in [0.05, 0.1) is 0 Å². The van der Waals surface area contributed by atoms with Crippen molar-refractivity contribution >= 4 is 24.2 Å². The summed E-state index contributed by atoms with van der Waals surface area (Å²) in [6, 6.07) is 12.0. The Morgan fingerprint density at radius 1 is 1.00 bits per heavy atom. The summed E-state index contributed by atoms with van der Waals surface area (Å²) >= 11 is 6.00. The highest BCUT2D eigenvalue weighted by molar-refractivity contribution is 6.58. The lowest BCUT2D eigenvalue weighted by molar-refractivity contribution is 0.425. The topological polar surface area (TPSA) is 49.7 Å². The van der Waals surface area contributed by atoms with Gasteiger partial charge in [0.15, 0.2) is 0 Å². The van der Waals surface area contributed by atoms with E-state index < -0.39 is 7.12 Å². The van der Waals surface area contributed by atoms with Gasteiger partial charge in [-0.3, -0.25) is 0 Å². The predicted octanol–water partition coefficient (Wildman–Crippen LogP) is 2.12. The zero-order chi connectivity index (χ0) is 13.1. The van der Waals surface area contributed by atoms with Crippen molar-refractivity contribution in [3.05, 3.63) is 53.1 Å². The van der Waals surface area contributed by atoms with Crippen molar-refractivity contribution in [1.82, 2.24) is 0 Å². The number of hydrogen-bond acceptors (Lipinski definition) is 3. The summed E-state index contributed by atoms with van der Waals surface area (Å²) < 4.78 is 5.60. The fraction of sp³-hybridized carbons (Fsp3) is 0.0769. The maximum atomic E-state index is 8.97. The van der Waals surface area contributed by atoms with Gasteiger partial charge in [0.25, 0.3) is 0 Å². The van der Waals surface area contributed by atoms with E-state index in [4.69, 9.17) is 26.4 Å². The first-order valence-electron chi connectivity index (χ1n) is 5.46. The number of hydrogen-bond donors (Lipinski definition) is 2. The van der Waals surface area contributed by atoms with E-state index in [1.807, 2.05) is 19.1 Å². The summed E-state index contributed by atoms with van der Waals surface area (Å²) in [6.07, 6.45) is 0. The Kier molecular flexibility index (Phi) is 3.92. The SMILES string of the molecule is Cc1ccc(Oc2ccc(B(O)O)cc2)cc1Cl. The van der Waals surface area contributed by atoms with Crippen LogP contribution >= 0.6 is 11.6 Å². The van der Waals surface area contributed by atoms with E-state index in [-0.39, 0.29) is 0 Å². The molecule has 2 rings (SSSR count). The Balaban J connectivity index is 2.15. The van der Waals surface area contributed by atoms with Gasteiger partial charge >= 0.3 is 7.12 Å². The first-order chi connectivity index (χ1) is 8.56. The van der Waals surface area contributed by atoms with Gasteiger partial charge in [0.2, 0.25) is 0 Å². The van der Waals surface area contributed by atoms with E-state index >= 15 is 0 Å². The van der Waals surface area contributed by atoms with E-state index in [1.54, 1.807) is 30.3 Å². The maximum absolute atomic E-state index is 8.97. The van der Waals surface area contributed by atoms with Crippen molar-refractivity contribution in [2.24, 2.45) is 0 Å². The van der Waals surface area contributed by atoms with Crippen molar-refractivity contribution in [2.75, 3.05) is 0 Å². The van der Waals surface area contributed by atoms with E-state index in [0.717, 1.165) is 5.56 Å². The third-order valence-corrected chi connectivity index (χ3v) is 2.96. The minimum atomic E-state index is -1.46. The molecule has 0 fully saturated rings. The van der Waals surface area contributed by atoms with Crippen LogP contribution in [0.15, 0.2) is 42.5 Å². The smallest absolute Gasteiger partial charge is 0.457 e. The molecule has 0 radical (unpaired) electrons. The maximum Gasteiger partial charge on any atom is 0.488 e. The van der Waals surface area contributed by atoms with Crippen molar-refractivity contribution < 1.29 is 14.8 Å². The van der Waals surface area contributed by atoms with Crippen molar-refractivity contribution in [1.29, 1.82) is 0 Å². The third kappa shape index (κ3) is 3.04. The molecule has 0 aliphatic rings. The molecule has 2 N–H and O–H groups in total. The van der Waals surface area contributed by atoms with Crippen LogP contribution in [0.25, 0.3) is 0 Å². The molecule has 0 amide bonds.